The van der Waals surface area contributed by atoms with Crippen molar-refractivity contribution in [1.29, 1.82) is 0 Å². The minimum absolute atomic E-state index is 0.694. The summed E-state index contributed by atoms with van der Waals surface area (Å²) in [6.07, 6.45) is 3.08. The van der Waals surface area contributed by atoms with Crippen molar-refractivity contribution in [3.63, 3.8) is 0 Å². The summed E-state index contributed by atoms with van der Waals surface area (Å²) < 4.78 is 0. The Balaban J connectivity index is 1.76. The van der Waals surface area contributed by atoms with Gasteiger partial charge in [-0.15, -0.1) is 0 Å². The molecular weight excluding hydrogens is 388 g/mol. The summed E-state index contributed by atoms with van der Waals surface area (Å²) in [4.78, 5) is 12.6. The van der Waals surface area contributed by atoms with Crippen LogP contribution < -0.4 is 0 Å². The van der Waals surface area contributed by atoms with Gasteiger partial charge in [-0.25, -0.2) is 0 Å². The van der Waals surface area contributed by atoms with Gasteiger partial charge in [0.1, 0.15) is 0 Å². The molecular formula is C31H20O. The van der Waals surface area contributed by atoms with Gasteiger partial charge in [-0.3, -0.25) is 4.79 Å². The van der Waals surface area contributed by atoms with E-state index in [4.69, 9.17) is 0 Å². The molecule has 0 spiro atoms. The maximum absolute atomic E-state index is 12.6. The molecule has 0 unspecified atom stereocenters. The molecule has 0 heterocycles. The molecule has 0 aliphatic heterocycles. The molecule has 0 atom stereocenters. The summed E-state index contributed by atoms with van der Waals surface area (Å²) in [7, 11) is 0. The van der Waals surface area contributed by atoms with Gasteiger partial charge in [0.05, 0.1) is 0 Å². The van der Waals surface area contributed by atoms with Crippen molar-refractivity contribution in [2.75, 3.05) is 0 Å². The van der Waals surface area contributed by atoms with Crippen LogP contribution in [0.4, 0.5) is 0 Å². The fraction of sp³-hybridized carbons (Fsp3) is 0. The number of hydrogen-bond donors (Lipinski definition) is 0. The Labute approximate surface area is 186 Å². The molecule has 6 aromatic rings. The molecule has 0 aromatic heterocycles. The van der Waals surface area contributed by atoms with Crippen molar-refractivity contribution >= 4 is 61.0 Å². The third kappa shape index (κ3) is 2.91. The van der Waals surface area contributed by atoms with Crippen LogP contribution >= 0.6 is 0 Å². The van der Waals surface area contributed by atoms with E-state index in [1.807, 2.05) is 24.3 Å². The van der Waals surface area contributed by atoms with Crippen LogP contribution in [0.3, 0.4) is 0 Å². The van der Waals surface area contributed by atoms with Crippen LogP contribution in [-0.4, -0.2) is 6.29 Å². The van der Waals surface area contributed by atoms with E-state index in [0.717, 1.165) is 49.7 Å². The second kappa shape index (κ2) is 7.47. The van der Waals surface area contributed by atoms with Crippen molar-refractivity contribution in [3.8, 4) is 0 Å². The smallest absolute Gasteiger partial charge is 0.150 e. The molecule has 0 radical (unpaired) electrons. The number of aldehydes is 1. The number of hydrogen-bond acceptors (Lipinski definition) is 1. The van der Waals surface area contributed by atoms with E-state index in [0.29, 0.717) is 5.57 Å². The van der Waals surface area contributed by atoms with Gasteiger partial charge in [0.25, 0.3) is 0 Å². The van der Waals surface area contributed by atoms with Crippen LogP contribution in [-0.2, 0) is 4.79 Å². The second-order valence-electron chi connectivity index (χ2n) is 8.14. The quantitative estimate of drug-likeness (QED) is 0.125. The lowest BCUT2D eigenvalue weighted by Gasteiger charge is -2.13. The Hall–Kier alpha value is -4.23. The number of fused-ring (bicyclic) bond motifs is 4. The van der Waals surface area contributed by atoms with Gasteiger partial charge in [0, 0.05) is 11.1 Å². The van der Waals surface area contributed by atoms with Crippen molar-refractivity contribution in [2.45, 2.75) is 0 Å². The Morgan fingerprint density at radius 2 is 0.875 bits per heavy atom. The lowest BCUT2D eigenvalue weighted by molar-refractivity contribution is -0.103. The topological polar surface area (TPSA) is 17.1 Å². The minimum Gasteiger partial charge on any atom is -0.298 e. The zero-order chi connectivity index (χ0) is 21.5. The van der Waals surface area contributed by atoms with Crippen LogP contribution in [0, 0.1) is 0 Å². The van der Waals surface area contributed by atoms with Gasteiger partial charge in [0.2, 0.25) is 0 Å². The standard InChI is InChI=1S/C31H20O/c32-20-25(31-28-15-7-3-11-23(28)18-24-12-4-8-16-29(24)31)19-30-26-13-5-1-9-21(26)17-22-10-2-6-14-27(22)30/h1-20H/b25-19-. The minimum atomic E-state index is 0.694. The molecule has 0 aliphatic carbocycles. The van der Waals surface area contributed by atoms with Crippen molar-refractivity contribution < 1.29 is 4.79 Å². The molecule has 0 saturated carbocycles. The van der Waals surface area contributed by atoms with Crippen molar-refractivity contribution in [2.24, 2.45) is 0 Å². The second-order valence-corrected chi connectivity index (χ2v) is 8.14. The molecule has 32 heavy (non-hydrogen) atoms. The van der Waals surface area contributed by atoms with Gasteiger partial charge < -0.3 is 0 Å². The molecule has 0 aliphatic rings. The highest BCUT2D eigenvalue weighted by Crippen LogP contribution is 2.36. The van der Waals surface area contributed by atoms with Crippen molar-refractivity contribution in [3.05, 3.63) is 120 Å². The fourth-order valence-corrected chi connectivity index (χ4v) is 4.85. The normalized spacial score (nSPS) is 12.1. The Morgan fingerprint density at radius 1 is 0.500 bits per heavy atom. The van der Waals surface area contributed by atoms with Gasteiger partial charge in [-0.05, 0) is 66.9 Å². The highest BCUT2D eigenvalue weighted by molar-refractivity contribution is 6.25. The Morgan fingerprint density at radius 3 is 1.31 bits per heavy atom. The summed E-state index contributed by atoms with van der Waals surface area (Å²) in [5.41, 5.74) is 2.77. The Bertz CT molecular complexity index is 1580. The highest BCUT2D eigenvalue weighted by Gasteiger charge is 2.13. The number of carbonyl (C=O) groups is 1. The number of rotatable bonds is 3. The van der Waals surface area contributed by atoms with Crippen LogP contribution in [0.25, 0.3) is 54.7 Å². The largest absolute Gasteiger partial charge is 0.298 e. The van der Waals surface area contributed by atoms with E-state index < -0.39 is 0 Å². The predicted molar refractivity (Wildman–Crippen MR) is 137 cm³/mol. The third-order valence-electron chi connectivity index (χ3n) is 6.30. The molecule has 0 bridgehead atoms. The first kappa shape index (κ1) is 18.5. The monoisotopic (exact) mass is 408 g/mol. The third-order valence-corrected chi connectivity index (χ3v) is 6.30. The summed E-state index contributed by atoms with van der Waals surface area (Å²) in [5.74, 6) is 0. The van der Waals surface area contributed by atoms with Crippen molar-refractivity contribution in [1.82, 2.24) is 0 Å². The average Bonchev–Trinajstić information content (AvgIpc) is 2.85. The average molecular weight is 409 g/mol. The molecule has 0 N–H and O–H groups in total. The van der Waals surface area contributed by atoms with Gasteiger partial charge in [0.15, 0.2) is 6.29 Å². The molecule has 0 amide bonds. The molecule has 0 fully saturated rings. The molecule has 6 rings (SSSR count). The lowest BCUT2D eigenvalue weighted by Crippen LogP contribution is -1.93. The van der Waals surface area contributed by atoms with Gasteiger partial charge in [-0.1, -0.05) is 97.1 Å². The first-order valence-electron chi connectivity index (χ1n) is 10.8. The van der Waals surface area contributed by atoms with E-state index in [1.54, 1.807) is 0 Å². The van der Waals surface area contributed by atoms with Crippen LogP contribution in [0.5, 0.6) is 0 Å². The highest BCUT2D eigenvalue weighted by atomic mass is 16.1. The predicted octanol–water partition coefficient (Wildman–Crippen LogP) is 8.04. The Kier molecular flexibility index (Phi) is 4.33. The van der Waals surface area contributed by atoms with Crippen LogP contribution in [0.15, 0.2) is 109 Å². The summed E-state index contributed by atoms with van der Waals surface area (Å²) in [6, 6.07) is 37.8. The molecule has 150 valence electrons. The molecule has 1 nitrogen and oxygen atoms in total. The number of allylic oxidation sites excluding steroid dienone is 1. The zero-order valence-corrected chi connectivity index (χ0v) is 17.5. The fourth-order valence-electron chi connectivity index (χ4n) is 4.85. The van der Waals surface area contributed by atoms with E-state index in [-0.39, 0.29) is 0 Å². The van der Waals surface area contributed by atoms with Crippen LogP contribution in [0.2, 0.25) is 0 Å². The molecule has 1 heteroatoms. The number of benzene rings is 6. The van der Waals surface area contributed by atoms with E-state index in [2.05, 4.69) is 91.0 Å². The first-order valence-corrected chi connectivity index (χ1v) is 10.8. The van der Waals surface area contributed by atoms with Gasteiger partial charge >= 0.3 is 0 Å². The summed E-state index contributed by atoms with van der Waals surface area (Å²) >= 11 is 0. The zero-order valence-electron chi connectivity index (χ0n) is 17.5. The SMILES string of the molecule is O=C/C(=C/c1c2ccccc2cc2ccccc12)c1c2ccccc2cc2ccccc12. The lowest BCUT2D eigenvalue weighted by atomic mass is 9.89. The number of carbonyl (C=O) groups excluding carboxylic acids is 1. The van der Waals surface area contributed by atoms with E-state index >= 15 is 0 Å². The molecule has 6 aromatic carbocycles. The first-order chi connectivity index (χ1) is 15.8. The van der Waals surface area contributed by atoms with Crippen LogP contribution in [0.1, 0.15) is 11.1 Å². The summed E-state index contributed by atoms with van der Waals surface area (Å²) in [5, 5.41) is 9.10. The summed E-state index contributed by atoms with van der Waals surface area (Å²) in [6.45, 7) is 0. The maximum atomic E-state index is 12.6. The van der Waals surface area contributed by atoms with E-state index in [1.165, 1.54) is 10.8 Å². The maximum Gasteiger partial charge on any atom is 0.150 e. The molecule has 0 saturated heterocycles. The van der Waals surface area contributed by atoms with E-state index in [9.17, 15) is 4.79 Å². The van der Waals surface area contributed by atoms with Gasteiger partial charge in [-0.2, -0.15) is 0 Å².